The van der Waals surface area contributed by atoms with Crippen LogP contribution in [0.2, 0.25) is 0 Å². The van der Waals surface area contributed by atoms with Crippen molar-refractivity contribution in [2.75, 3.05) is 6.54 Å². The Hall–Kier alpha value is -1.75. The lowest BCUT2D eigenvalue weighted by Crippen LogP contribution is -2.21. The highest BCUT2D eigenvalue weighted by atomic mass is 19.1. The third kappa shape index (κ3) is 2.81. The molecule has 0 spiro atoms. The van der Waals surface area contributed by atoms with Crippen LogP contribution in [-0.4, -0.2) is 16.7 Å². The molecule has 0 aliphatic carbocycles. The molecule has 1 fully saturated rings. The maximum Gasteiger partial charge on any atom is 0.257 e. The lowest BCUT2D eigenvalue weighted by molar-refractivity contribution is 0.402. The van der Waals surface area contributed by atoms with Crippen molar-refractivity contribution >= 4 is 0 Å². The van der Waals surface area contributed by atoms with Crippen molar-refractivity contribution < 1.29 is 8.91 Å². The van der Waals surface area contributed by atoms with Gasteiger partial charge in [0.1, 0.15) is 5.82 Å². The summed E-state index contributed by atoms with van der Waals surface area (Å²) in [4.78, 5) is 4.41. The topological polar surface area (TPSA) is 51.0 Å². The van der Waals surface area contributed by atoms with Gasteiger partial charge in [-0.05, 0) is 43.7 Å². The van der Waals surface area contributed by atoms with Crippen molar-refractivity contribution in [3.63, 3.8) is 0 Å². The molecule has 1 atom stereocenters. The van der Waals surface area contributed by atoms with Crippen molar-refractivity contribution in [2.24, 2.45) is 0 Å². The van der Waals surface area contributed by atoms with Crippen molar-refractivity contribution in [1.29, 1.82) is 0 Å². The molecule has 2 heterocycles. The zero-order valence-electron chi connectivity index (χ0n) is 10.6. The first-order valence-corrected chi connectivity index (χ1v) is 6.66. The molecule has 19 heavy (non-hydrogen) atoms. The SMILES string of the molecule is Fc1ccc(-c2nc([C@@H]3CCCCCN3)no2)cc1. The molecule has 0 unspecified atom stereocenters. The summed E-state index contributed by atoms with van der Waals surface area (Å²) >= 11 is 0. The van der Waals surface area contributed by atoms with Gasteiger partial charge in [-0.3, -0.25) is 0 Å². The Labute approximate surface area is 111 Å². The summed E-state index contributed by atoms with van der Waals surface area (Å²) < 4.78 is 18.1. The van der Waals surface area contributed by atoms with E-state index in [1.807, 2.05) is 0 Å². The van der Waals surface area contributed by atoms with Gasteiger partial charge in [0.2, 0.25) is 0 Å². The lowest BCUT2D eigenvalue weighted by Gasteiger charge is -2.09. The number of benzene rings is 1. The molecule has 1 N–H and O–H groups in total. The highest BCUT2D eigenvalue weighted by molar-refractivity contribution is 5.52. The second-order valence-electron chi connectivity index (χ2n) is 4.82. The number of nitrogens with zero attached hydrogens (tertiary/aromatic N) is 2. The molecule has 2 aromatic rings. The number of halogens is 1. The minimum absolute atomic E-state index is 0.167. The highest BCUT2D eigenvalue weighted by Gasteiger charge is 2.19. The zero-order valence-corrected chi connectivity index (χ0v) is 10.6. The largest absolute Gasteiger partial charge is 0.334 e. The standard InChI is InChI=1S/C14H16FN3O/c15-11-7-5-10(6-8-11)14-17-13(18-19-14)12-4-2-1-3-9-16-12/h5-8,12,16H,1-4,9H2/t12-/m0/s1. The van der Waals surface area contributed by atoms with E-state index < -0.39 is 0 Å². The molecule has 1 aliphatic rings. The third-order valence-electron chi connectivity index (χ3n) is 3.40. The Bertz CT molecular complexity index is 530. The predicted molar refractivity (Wildman–Crippen MR) is 68.9 cm³/mol. The number of aromatic nitrogens is 2. The molecule has 0 saturated carbocycles. The van der Waals surface area contributed by atoms with Crippen LogP contribution in [0.15, 0.2) is 28.8 Å². The van der Waals surface area contributed by atoms with Crippen LogP contribution in [0.1, 0.15) is 37.5 Å². The van der Waals surface area contributed by atoms with Gasteiger partial charge < -0.3 is 9.84 Å². The summed E-state index contributed by atoms with van der Waals surface area (Å²) in [6.45, 7) is 0.991. The smallest absolute Gasteiger partial charge is 0.257 e. The molecular weight excluding hydrogens is 245 g/mol. The van der Waals surface area contributed by atoms with Gasteiger partial charge in [-0.25, -0.2) is 4.39 Å². The molecular formula is C14H16FN3O. The molecule has 0 amide bonds. The first-order valence-electron chi connectivity index (χ1n) is 6.66. The Morgan fingerprint density at radius 2 is 2.00 bits per heavy atom. The fourth-order valence-electron chi connectivity index (χ4n) is 2.34. The number of hydrogen-bond donors (Lipinski definition) is 1. The Morgan fingerprint density at radius 3 is 2.84 bits per heavy atom. The molecule has 1 aromatic carbocycles. The van der Waals surface area contributed by atoms with Crippen LogP contribution < -0.4 is 5.32 Å². The number of hydrogen-bond acceptors (Lipinski definition) is 4. The van der Waals surface area contributed by atoms with Gasteiger partial charge in [0.25, 0.3) is 5.89 Å². The summed E-state index contributed by atoms with van der Waals surface area (Å²) in [7, 11) is 0. The van der Waals surface area contributed by atoms with Crippen LogP contribution in [0, 0.1) is 5.82 Å². The molecule has 4 nitrogen and oxygen atoms in total. The van der Waals surface area contributed by atoms with E-state index >= 15 is 0 Å². The van der Waals surface area contributed by atoms with E-state index in [4.69, 9.17) is 4.52 Å². The molecule has 1 aromatic heterocycles. The van der Waals surface area contributed by atoms with E-state index in [-0.39, 0.29) is 11.9 Å². The fourth-order valence-corrected chi connectivity index (χ4v) is 2.34. The molecule has 5 heteroatoms. The third-order valence-corrected chi connectivity index (χ3v) is 3.40. The van der Waals surface area contributed by atoms with E-state index in [1.54, 1.807) is 12.1 Å². The van der Waals surface area contributed by atoms with E-state index in [2.05, 4.69) is 15.5 Å². The average Bonchev–Trinajstić information content (AvgIpc) is 2.76. The van der Waals surface area contributed by atoms with Gasteiger partial charge >= 0.3 is 0 Å². The molecule has 3 rings (SSSR count). The predicted octanol–water partition coefficient (Wildman–Crippen LogP) is 3.08. The summed E-state index contributed by atoms with van der Waals surface area (Å²) in [5, 5.41) is 7.46. The van der Waals surface area contributed by atoms with Gasteiger partial charge in [0.15, 0.2) is 5.82 Å². The highest BCUT2D eigenvalue weighted by Crippen LogP contribution is 2.23. The second kappa shape index (κ2) is 5.48. The summed E-state index contributed by atoms with van der Waals surface area (Å²) in [5.74, 6) is 0.871. The fraction of sp³-hybridized carbons (Fsp3) is 0.429. The minimum Gasteiger partial charge on any atom is -0.334 e. The van der Waals surface area contributed by atoms with Crippen LogP contribution in [0.5, 0.6) is 0 Å². The quantitative estimate of drug-likeness (QED) is 0.902. The summed E-state index contributed by atoms with van der Waals surface area (Å²) in [6.07, 6.45) is 4.64. The van der Waals surface area contributed by atoms with Gasteiger partial charge in [-0.2, -0.15) is 4.98 Å². The molecule has 0 bridgehead atoms. The Kier molecular flexibility index (Phi) is 3.55. The normalized spacial score (nSPS) is 20.2. The molecule has 100 valence electrons. The van der Waals surface area contributed by atoms with Crippen LogP contribution >= 0.6 is 0 Å². The minimum atomic E-state index is -0.270. The molecule has 1 aliphatic heterocycles. The first kappa shape index (κ1) is 12.3. The first-order chi connectivity index (χ1) is 9.33. The average molecular weight is 261 g/mol. The van der Waals surface area contributed by atoms with Crippen molar-refractivity contribution in [1.82, 2.24) is 15.5 Å². The summed E-state index contributed by atoms with van der Waals surface area (Å²) in [6, 6.07) is 6.24. The zero-order chi connectivity index (χ0) is 13.1. The van der Waals surface area contributed by atoms with E-state index in [9.17, 15) is 4.39 Å². The van der Waals surface area contributed by atoms with E-state index in [0.717, 1.165) is 18.5 Å². The monoisotopic (exact) mass is 261 g/mol. The van der Waals surface area contributed by atoms with Crippen molar-refractivity contribution in [2.45, 2.75) is 31.7 Å². The molecule has 1 saturated heterocycles. The van der Waals surface area contributed by atoms with Crippen LogP contribution in [0.25, 0.3) is 11.5 Å². The van der Waals surface area contributed by atoms with Gasteiger partial charge in [0, 0.05) is 5.56 Å². The van der Waals surface area contributed by atoms with Crippen LogP contribution in [-0.2, 0) is 0 Å². The molecule has 0 radical (unpaired) electrons. The van der Waals surface area contributed by atoms with Crippen molar-refractivity contribution in [3.05, 3.63) is 35.9 Å². The Balaban J connectivity index is 1.80. The summed E-state index contributed by atoms with van der Waals surface area (Å²) in [5.41, 5.74) is 0.744. The van der Waals surface area contributed by atoms with Gasteiger partial charge in [-0.1, -0.05) is 18.0 Å². The van der Waals surface area contributed by atoms with Crippen LogP contribution in [0.3, 0.4) is 0 Å². The Morgan fingerprint density at radius 1 is 1.16 bits per heavy atom. The van der Waals surface area contributed by atoms with E-state index in [1.165, 1.54) is 31.4 Å². The van der Waals surface area contributed by atoms with Crippen molar-refractivity contribution in [3.8, 4) is 11.5 Å². The maximum absolute atomic E-state index is 12.9. The van der Waals surface area contributed by atoms with Gasteiger partial charge in [-0.15, -0.1) is 0 Å². The number of nitrogens with one attached hydrogen (secondary N) is 1. The second-order valence-corrected chi connectivity index (χ2v) is 4.82. The maximum atomic E-state index is 12.9. The van der Waals surface area contributed by atoms with Gasteiger partial charge in [0.05, 0.1) is 6.04 Å². The van der Waals surface area contributed by atoms with E-state index in [0.29, 0.717) is 11.7 Å². The number of rotatable bonds is 2. The lowest BCUT2D eigenvalue weighted by atomic mass is 10.1. The van der Waals surface area contributed by atoms with Crippen LogP contribution in [0.4, 0.5) is 4.39 Å².